The molecule has 0 amide bonds. The number of hydrogen-bond donors (Lipinski definition) is 2. The van der Waals surface area contributed by atoms with Crippen LogP contribution in [-0.4, -0.2) is 17.5 Å². The summed E-state index contributed by atoms with van der Waals surface area (Å²) in [6.45, 7) is 0. The van der Waals surface area contributed by atoms with Gasteiger partial charge >= 0.3 is 6.36 Å². The lowest BCUT2D eigenvalue weighted by molar-refractivity contribution is -0.274. The first-order chi connectivity index (χ1) is 7.78. The summed E-state index contributed by atoms with van der Waals surface area (Å²) in [5.41, 5.74) is 4.84. The fourth-order valence-electron chi connectivity index (χ4n) is 2.03. The summed E-state index contributed by atoms with van der Waals surface area (Å²) in [5, 5.41) is 10.1. The molecule has 0 bridgehead atoms. The molecule has 0 radical (unpaired) electrons. The first kappa shape index (κ1) is 12.2. The van der Waals surface area contributed by atoms with Crippen LogP contribution in [0.15, 0.2) is 24.3 Å². The van der Waals surface area contributed by atoms with Crippen molar-refractivity contribution in [3.8, 4) is 5.75 Å². The Morgan fingerprint density at radius 2 is 2.00 bits per heavy atom. The number of rotatable bonds is 2. The molecule has 3 nitrogen and oxygen atoms in total. The molecule has 2 rings (SSSR count). The number of alkyl halides is 3. The number of benzene rings is 1. The molecule has 1 aliphatic rings. The van der Waals surface area contributed by atoms with Gasteiger partial charge in [0.1, 0.15) is 5.75 Å². The Kier molecular flexibility index (Phi) is 2.79. The Bertz CT molecular complexity index is 413. The molecule has 0 heterocycles. The number of hydrogen-bond acceptors (Lipinski definition) is 3. The standard InChI is InChI=1S/C11H12F3NO2/c12-11(13,14)17-9-3-1-2-7(4-9)10(16)5-8(15)6-10/h1-4,8,16H,5-6,15H2. The summed E-state index contributed by atoms with van der Waals surface area (Å²) in [6, 6.07) is 5.26. The van der Waals surface area contributed by atoms with Crippen LogP contribution in [0.3, 0.4) is 0 Å². The summed E-state index contributed by atoms with van der Waals surface area (Å²) in [7, 11) is 0. The maximum atomic E-state index is 12.0. The summed E-state index contributed by atoms with van der Waals surface area (Å²) in [5.74, 6) is -0.330. The van der Waals surface area contributed by atoms with E-state index in [9.17, 15) is 18.3 Å². The fraction of sp³-hybridized carbons (Fsp3) is 0.455. The first-order valence-electron chi connectivity index (χ1n) is 5.13. The minimum Gasteiger partial charge on any atom is -0.406 e. The van der Waals surface area contributed by atoms with E-state index in [1.165, 1.54) is 18.2 Å². The maximum Gasteiger partial charge on any atom is 0.573 e. The van der Waals surface area contributed by atoms with Gasteiger partial charge in [-0.15, -0.1) is 13.2 Å². The van der Waals surface area contributed by atoms with E-state index in [4.69, 9.17) is 5.73 Å². The Hall–Kier alpha value is -1.27. The van der Waals surface area contributed by atoms with Crippen molar-refractivity contribution in [3.05, 3.63) is 29.8 Å². The molecule has 0 spiro atoms. The molecule has 0 unspecified atom stereocenters. The summed E-state index contributed by atoms with van der Waals surface area (Å²) in [4.78, 5) is 0. The highest BCUT2D eigenvalue weighted by atomic mass is 19.4. The predicted molar refractivity (Wildman–Crippen MR) is 54.2 cm³/mol. The zero-order valence-electron chi connectivity index (χ0n) is 8.87. The lowest BCUT2D eigenvalue weighted by Gasteiger charge is -2.42. The van der Waals surface area contributed by atoms with Crippen LogP contribution in [-0.2, 0) is 5.60 Å². The molecule has 6 heteroatoms. The predicted octanol–water partition coefficient (Wildman–Crippen LogP) is 1.89. The smallest absolute Gasteiger partial charge is 0.406 e. The van der Waals surface area contributed by atoms with Crippen molar-refractivity contribution in [1.82, 2.24) is 0 Å². The van der Waals surface area contributed by atoms with Crippen molar-refractivity contribution >= 4 is 0 Å². The van der Waals surface area contributed by atoms with E-state index < -0.39 is 12.0 Å². The van der Waals surface area contributed by atoms with Crippen molar-refractivity contribution in [1.29, 1.82) is 0 Å². The minimum absolute atomic E-state index is 0.104. The van der Waals surface area contributed by atoms with Gasteiger partial charge in [0.15, 0.2) is 0 Å². The quantitative estimate of drug-likeness (QED) is 0.839. The lowest BCUT2D eigenvalue weighted by atomic mass is 9.72. The van der Waals surface area contributed by atoms with Crippen LogP contribution in [0.25, 0.3) is 0 Å². The molecule has 0 atom stereocenters. The summed E-state index contributed by atoms with van der Waals surface area (Å²) >= 11 is 0. The van der Waals surface area contributed by atoms with Gasteiger partial charge in [-0.3, -0.25) is 0 Å². The molecule has 3 N–H and O–H groups in total. The zero-order valence-corrected chi connectivity index (χ0v) is 8.87. The van der Waals surface area contributed by atoms with Crippen molar-refractivity contribution in [2.75, 3.05) is 0 Å². The third kappa shape index (κ3) is 2.70. The molecule has 1 saturated carbocycles. The molecule has 0 aliphatic heterocycles. The summed E-state index contributed by atoms with van der Waals surface area (Å²) < 4.78 is 39.9. The van der Waals surface area contributed by atoms with Gasteiger partial charge in [-0.1, -0.05) is 12.1 Å². The van der Waals surface area contributed by atoms with Crippen LogP contribution in [0.5, 0.6) is 5.75 Å². The molecule has 0 saturated heterocycles. The van der Waals surface area contributed by atoms with Crippen molar-refractivity contribution < 1.29 is 23.0 Å². The Morgan fingerprint density at radius 1 is 1.35 bits per heavy atom. The lowest BCUT2D eigenvalue weighted by Crippen LogP contribution is -2.49. The second kappa shape index (κ2) is 3.89. The van der Waals surface area contributed by atoms with Crippen LogP contribution in [0.2, 0.25) is 0 Å². The van der Waals surface area contributed by atoms with Crippen LogP contribution in [0.4, 0.5) is 13.2 Å². The van der Waals surface area contributed by atoms with E-state index in [1.54, 1.807) is 6.07 Å². The van der Waals surface area contributed by atoms with Crippen molar-refractivity contribution in [2.45, 2.75) is 30.8 Å². The normalized spacial score (nSPS) is 28.6. The molecular weight excluding hydrogens is 235 g/mol. The second-order valence-electron chi connectivity index (χ2n) is 4.28. The number of ether oxygens (including phenoxy) is 1. The van der Waals surface area contributed by atoms with E-state index in [0.29, 0.717) is 18.4 Å². The van der Waals surface area contributed by atoms with Crippen molar-refractivity contribution in [3.63, 3.8) is 0 Å². The summed E-state index contributed by atoms with van der Waals surface area (Å²) in [6.07, 6.45) is -4.03. The monoisotopic (exact) mass is 247 g/mol. The SMILES string of the molecule is NC1CC(O)(c2cccc(OC(F)(F)F)c2)C1. The first-order valence-corrected chi connectivity index (χ1v) is 5.13. The number of nitrogens with two attached hydrogens (primary N) is 1. The van der Waals surface area contributed by atoms with E-state index in [2.05, 4.69) is 4.74 Å². The third-order valence-corrected chi connectivity index (χ3v) is 2.80. The highest BCUT2D eigenvalue weighted by Crippen LogP contribution is 2.41. The van der Waals surface area contributed by atoms with Crippen molar-refractivity contribution in [2.24, 2.45) is 5.73 Å². The topological polar surface area (TPSA) is 55.5 Å². The van der Waals surface area contributed by atoms with Gasteiger partial charge in [-0.05, 0) is 30.5 Å². The van der Waals surface area contributed by atoms with E-state index in [1.807, 2.05) is 0 Å². The van der Waals surface area contributed by atoms with Gasteiger partial charge in [0, 0.05) is 6.04 Å². The Labute approximate surface area is 96.0 Å². The Morgan fingerprint density at radius 3 is 2.53 bits per heavy atom. The minimum atomic E-state index is -4.72. The van der Waals surface area contributed by atoms with Gasteiger partial charge in [0.25, 0.3) is 0 Å². The molecule has 0 aromatic heterocycles. The molecule has 1 aromatic rings. The van der Waals surface area contributed by atoms with Gasteiger partial charge in [0.2, 0.25) is 0 Å². The molecular formula is C11H12F3NO2. The molecule has 1 fully saturated rings. The zero-order chi connectivity index (χ0) is 12.7. The van der Waals surface area contributed by atoms with Crippen LogP contribution < -0.4 is 10.5 Å². The number of halogens is 3. The van der Waals surface area contributed by atoms with Gasteiger partial charge < -0.3 is 15.6 Å². The van der Waals surface area contributed by atoms with Gasteiger partial charge in [-0.25, -0.2) is 0 Å². The average Bonchev–Trinajstić information content (AvgIpc) is 2.13. The molecule has 94 valence electrons. The molecule has 17 heavy (non-hydrogen) atoms. The third-order valence-electron chi connectivity index (χ3n) is 2.80. The van der Waals surface area contributed by atoms with E-state index >= 15 is 0 Å². The van der Waals surface area contributed by atoms with Gasteiger partial charge in [0.05, 0.1) is 5.60 Å². The largest absolute Gasteiger partial charge is 0.573 e. The average molecular weight is 247 g/mol. The highest BCUT2D eigenvalue weighted by molar-refractivity contribution is 5.34. The van der Waals surface area contributed by atoms with Crippen LogP contribution in [0, 0.1) is 0 Å². The molecule has 1 aromatic carbocycles. The van der Waals surface area contributed by atoms with Crippen LogP contribution >= 0.6 is 0 Å². The van der Waals surface area contributed by atoms with E-state index in [-0.39, 0.29) is 11.8 Å². The highest BCUT2D eigenvalue weighted by Gasteiger charge is 2.42. The molecule has 1 aliphatic carbocycles. The maximum absolute atomic E-state index is 12.0. The van der Waals surface area contributed by atoms with Crippen LogP contribution in [0.1, 0.15) is 18.4 Å². The van der Waals surface area contributed by atoms with Gasteiger partial charge in [-0.2, -0.15) is 0 Å². The number of aliphatic hydroxyl groups is 1. The van der Waals surface area contributed by atoms with E-state index in [0.717, 1.165) is 0 Å². The Balaban J connectivity index is 2.18. The second-order valence-corrected chi connectivity index (χ2v) is 4.28. The fourth-order valence-corrected chi connectivity index (χ4v) is 2.03.